The Morgan fingerprint density at radius 1 is 1.07 bits per heavy atom. The zero-order valence-electron chi connectivity index (χ0n) is 15.6. The van der Waals surface area contributed by atoms with E-state index >= 15 is 0 Å². The highest BCUT2D eigenvalue weighted by atomic mass is 16.6. The Balaban J connectivity index is 1.41. The van der Waals surface area contributed by atoms with E-state index in [-0.39, 0.29) is 11.9 Å². The first kappa shape index (κ1) is 18.3. The van der Waals surface area contributed by atoms with Crippen molar-refractivity contribution in [1.29, 1.82) is 0 Å². The quantitative estimate of drug-likeness (QED) is 0.717. The molecule has 2 aromatic carbocycles. The summed E-state index contributed by atoms with van der Waals surface area (Å²) in [7, 11) is 0. The molecule has 2 amide bonds. The maximum Gasteiger partial charge on any atom is 0.279 e. The first-order chi connectivity index (χ1) is 13.6. The number of amides is 2. The molecule has 1 saturated heterocycles. The number of anilines is 1. The molecular formula is C21H24N3O4+. The van der Waals surface area contributed by atoms with Gasteiger partial charge in [-0.1, -0.05) is 0 Å². The fraction of sp³-hybridized carbons (Fsp3) is 0.333. The Labute approximate surface area is 163 Å². The van der Waals surface area contributed by atoms with Crippen LogP contribution in [0.3, 0.4) is 0 Å². The zero-order valence-corrected chi connectivity index (χ0v) is 15.6. The minimum atomic E-state index is -0.485. The Morgan fingerprint density at radius 3 is 2.57 bits per heavy atom. The second-order valence-electron chi connectivity index (χ2n) is 7.17. The van der Waals surface area contributed by atoms with E-state index in [2.05, 4.69) is 11.4 Å². The fourth-order valence-electron chi connectivity index (χ4n) is 3.93. The molecule has 2 atom stereocenters. The number of benzene rings is 2. The van der Waals surface area contributed by atoms with Crippen molar-refractivity contribution in [3.05, 3.63) is 53.6 Å². The van der Waals surface area contributed by atoms with Gasteiger partial charge >= 0.3 is 0 Å². The van der Waals surface area contributed by atoms with E-state index in [1.54, 1.807) is 24.3 Å². The lowest BCUT2D eigenvalue weighted by Crippen LogP contribution is -3.11. The van der Waals surface area contributed by atoms with E-state index in [4.69, 9.17) is 15.2 Å². The molecule has 0 radical (unpaired) electrons. The molecule has 2 aliphatic rings. The minimum Gasteiger partial charge on any atom is -0.486 e. The van der Waals surface area contributed by atoms with Gasteiger partial charge in [0.2, 0.25) is 5.91 Å². The number of likely N-dealkylation sites (tertiary alicyclic amines) is 1. The van der Waals surface area contributed by atoms with E-state index < -0.39 is 5.91 Å². The van der Waals surface area contributed by atoms with Gasteiger partial charge in [0, 0.05) is 29.7 Å². The summed E-state index contributed by atoms with van der Waals surface area (Å²) in [6.45, 7) is 2.48. The van der Waals surface area contributed by atoms with Crippen LogP contribution in [0.15, 0.2) is 42.5 Å². The van der Waals surface area contributed by atoms with Crippen LogP contribution in [-0.4, -0.2) is 38.1 Å². The van der Waals surface area contributed by atoms with Crippen LogP contribution in [0.2, 0.25) is 0 Å². The predicted octanol–water partition coefficient (Wildman–Crippen LogP) is 0.915. The molecule has 7 nitrogen and oxygen atoms in total. The van der Waals surface area contributed by atoms with Crippen molar-refractivity contribution < 1.29 is 24.0 Å². The van der Waals surface area contributed by atoms with Crippen LogP contribution >= 0.6 is 0 Å². The molecular weight excluding hydrogens is 358 g/mol. The van der Waals surface area contributed by atoms with Crippen LogP contribution in [0.4, 0.5) is 5.69 Å². The van der Waals surface area contributed by atoms with Gasteiger partial charge in [-0.3, -0.25) is 9.59 Å². The molecule has 2 aliphatic heterocycles. The van der Waals surface area contributed by atoms with Gasteiger partial charge in [-0.05, 0) is 42.5 Å². The number of ether oxygens (including phenoxy) is 2. The fourth-order valence-corrected chi connectivity index (χ4v) is 3.93. The summed E-state index contributed by atoms with van der Waals surface area (Å²) in [6.07, 6.45) is 2.12. The molecule has 0 aromatic heterocycles. The van der Waals surface area contributed by atoms with E-state index in [0.29, 0.717) is 31.0 Å². The molecule has 1 fully saturated rings. The second-order valence-corrected chi connectivity index (χ2v) is 7.17. The topological polar surface area (TPSA) is 95.1 Å². The molecule has 0 bridgehead atoms. The first-order valence-corrected chi connectivity index (χ1v) is 9.54. The smallest absolute Gasteiger partial charge is 0.279 e. The largest absolute Gasteiger partial charge is 0.486 e. The van der Waals surface area contributed by atoms with E-state index in [1.807, 2.05) is 12.1 Å². The third-order valence-corrected chi connectivity index (χ3v) is 5.29. The molecule has 0 aliphatic carbocycles. The Kier molecular flexibility index (Phi) is 5.16. The predicted molar refractivity (Wildman–Crippen MR) is 104 cm³/mol. The summed E-state index contributed by atoms with van der Waals surface area (Å²) < 4.78 is 11.3. The van der Waals surface area contributed by atoms with Crippen molar-refractivity contribution in [3.63, 3.8) is 0 Å². The standard InChI is InChI=1S/C21H23N3O4/c22-21(26)14-3-6-16(7-4-14)23-20(25)13-24-9-1-2-17(24)15-5-8-18-19(12-15)28-11-10-27-18/h3-8,12,17H,1-2,9-11,13H2,(H2,22,26)(H,23,25)/p+1/t17-/m0/s1. The Hall–Kier alpha value is -3.06. The van der Waals surface area contributed by atoms with Crippen molar-refractivity contribution in [3.8, 4) is 11.5 Å². The summed E-state index contributed by atoms with van der Waals surface area (Å²) in [5.74, 6) is 1.04. The van der Waals surface area contributed by atoms with Crippen LogP contribution in [-0.2, 0) is 4.79 Å². The highest BCUT2D eigenvalue weighted by Crippen LogP contribution is 2.33. The summed E-state index contributed by atoms with van der Waals surface area (Å²) in [5, 5.41) is 2.90. The van der Waals surface area contributed by atoms with Crippen LogP contribution in [0.25, 0.3) is 0 Å². The Morgan fingerprint density at radius 2 is 1.82 bits per heavy atom. The van der Waals surface area contributed by atoms with E-state index in [1.165, 1.54) is 10.5 Å². The monoisotopic (exact) mass is 382 g/mol. The lowest BCUT2D eigenvalue weighted by molar-refractivity contribution is -0.910. The Bertz CT molecular complexity index is 882. The molecule has 0 spiro atoms. The van der Waals surface area contributed by atoms with Crippen molar-refractivity contribution in [1.82, 2.24) is 0 Å². The molecule has 28 heavy (non-hydrogen) atoms. The number of hydrogen-bond donors (Lipinski definition) is 3. The van der Waals surface area contributed by atoms with Crippen LogP contribution in [0.1, 0.15) is 34.8 Å². The molecule has 1 unspecified atom stereocenters. The van der Waals surface area contributed by atoms with Crippen LogP contribution in [0, 0.1) is 0 Å². The van der Waals surface area contributed by atoms with E-state index in [9.17, 15) is 9.59 Å². The molecule has 4 rings (SSSR count). The first-order valence-electron chi connectivity index (χ1n) is 9.54. The number of carbonyl (C=O) groups is 2. The van der Waals surface area contributed by atoms with Crippen molar-refractivity contribution in [2.24, 2.45) is 5.73 Å². The van der Waals surface area contributed by atoms with Gasteiger partial charge in [0.25, 0.3) is 5.91 Å². The normalized spacial score (nSPS) is 20.6. The molecule has 7 heteroatoms. The molecule has 0 saturated carbocycles. The van der Waals surface area contributed by atoms with Crippen molar-refractivity contribution >= 4 is 17.5 Å². The molecule has 4 N–H and O–H groups in total. The van der Waals surface area contributed by atoms with Crippen molar-refractivity contribution in [2.45, 2.75) is 18.9 Å². The number of rotatable bonds is 5. The molecule has 146 valence electrons. The third-order valence-electron chi connectivity index (χ3n) is 5.29. The number of quaternary nitrogens is 1. The lowest BCUT2D eigenvalue weighted by atomic mass is 10.0. The maximum absolute atomic E-state index is 12.5. The van der Waals surface area contributed by atoms with Crippen LogP contribution in [0.5, 0.6) is 11.5 Å². The number of primary amides is 1. The summed E-state index contributed by atoms with van der Waals surface area (Å²) >= 11 is 0. The van der Waals surface area contributed by atoms with Gasteiger partial charge in [-0.15, -0.1) is 0 Å². The highest BCUT2D eigenvalue weighted by molar-refractivity contribution is 5.95. The van der Waals surface area contributed by atoms with E-state index in [0.717, 1.165) is 30.9 Å². The zero-order chi connectivity index (χ0) is 19.5. The second kappa shape index (κ2) is 7.90. The van der Waals surface area contributed by atoms with Crippen LogP contribution < -0.4 is 25.4 Å². The summed E-state index contributed by atoms with van der Waals surface area (Å²) in [4.78, 5) is 24.9. The number of nitrogens with one attached hydrogen (secondary N) is 2. The maximum atomic E-state index is 12.5. The highest BCUT2D eigenvalue weighted by Gasteiger charge is 2.32. The lowest BCUT2D eigenvalue weighted by Gasteiger charge is -2.24. The molecule has 2 heterocycles. The van der Waals surface area contributed by atoms with Gasteiger partial charge in [0.1, 0.15) is 19.3 Å². The van der Waals surface area contributed by atoms with Gasteiger partial charge in [-0.25, -0.2) is 0 Å². The average molecular weight is 382 g/mol. The summed E-state index contributed by atoms with van der Waals surface area (Å²) in [5.41, 5.74) is 7.49. The number of fused-ring (bicyclic) bond motifs is 1. The van der Waals surface area contributed by atoms with Gasteiger partial charge < -0.3 is 25.4 Å². The number of carbonyl (C=O) groups excluding carboxylic acids is 2. The molecule has 2 aromatic rings. The van der Waals surface area contributed by atoms with Gasteiger partial charge in [0.05, 0.1) is 6.54 Å². The van der Waals surface area contributed by atoms with Gasteiger partial charge in [0.15, 0.2) is 18.0 Å². The average Bonchev–Trinajstić information content (AvgIpc) is 3.16. The van der Waals surface area contributed by atoms with Crippen molar-refractivity contribution in [2.75, 3.05) is 31.6 Å². The third kappa shape index (κ3) is 3.94. The summed E-state index contributed by atoms with van der Waals surface area (Å²) in [6, 6.07) is 12.9. The number of hydrogen-bond acceptors (Lipinski definition) is 4. The minimum absolute atomic E-state index is 0.0498. The number of nitrogens with two attached hydrogens (primary N) is 1. The SMILES string of the molecule is NC(=O)c1ccc(NC(=O)C[NH+]2CCC[C@H]2c2ccc3c(c2)OCCO3)cc1. The van der Waals surface area contributed by atoms with Gasteiger partial charge in [-0.2, -0.15) is 0 Å².